The van der Waals surface area contributed by atoms with E-state index in [-0.39, 0.29) is 17.9 Å². The first-order valence-electron chi connectivity index (χ1n) is 7.55. The van der Waals surface area contributed by atoms with Gasteiger partial charge >= 0.3 is 0 Å². The molecule has 3 atom stereocenters. The number of unbranched alkanes of at least 4 members (excludes halogenated alkanes) is 1. The van der Waals surface area contributed by atoms with Crippen LogP contribution in [0.5, 0.6) is 0 Å². The lowest BCUT2D eigenvalue weighted by Crippen LogP contribution is -2.44. The fourth-order valence-corrected chi connectivity index (χ4v) is 2.79. The zero-order valence-electron chi connectivity index (χ0n) is 12.2. The minimum absolute atomic E-state index is 0.138. The van der Waals surface area contributed by atoms with E-state index in [1.807, 2.05) is 0 Å². The van der Waals surface area contributed by atoms with Gasteiger partial charge in [0.2, 0.25) is 5.91 Å². The highest BCUT2D eigenvalue weighted by molar-refractivity contribution is 5.79. The molecule has 0 aromatic heterocycles. The quantitative estimate of drug-likeness (QED) is 0.716. The van der Waals surface area contributed by atoms with E-state index in [0.29, 0.717) is 5.92 Å². The monoisotopic (exact) mass is 254 g/mol. The van der Waals surface area contributed by atoms with Crippen molar-refractivity contribution in [2.75, 3.05) is 6.54 Å². The average molecular weight is 254 g/mol. The number of amides is 1. The Hall–Kier alpha value is -0.570. The smallest absolute Gasteiger partial charge is 0.223 e. The second kappa shape index (κ2) is 7.78. The molecule has 0 spiro atoms. The zero-order chi connectivity index (χ0) is 13.5. The number of carbonyl (C=O) groups is 1. The van der Waals surface area contributed by atoms with E-state index in [0.717, 1.165) is 38.1 Å². The minimum atomic E-state index is 0.138. The van der Waals surface area contributed by atoms with Gasteiger partial charge in [0.15, 0.2) is 0 Å². The molecule has 1 fully saturated rings. The molecule has 18 heavy (non-hydrogen) atoms. The summed E-state index contributed by atoms with van der Waals surface area (Å²) in [6.07, 6.45) is 6.72. The van der Waals surface area contributed by atoms with Crippen LogP contribution in [0.1, 0.15) is 59.3 Å². The Morgan fingerprint density at radius 3 is 2.72 bits per heavy atom. The Bertz CT molecular complexity index is 253. The lowest BCUT2D eigenvalue weighted by Gasteiger charge is -2.32. The SMILES string of the molecule is CC(C)CCCCNC(=O)C1CCCC(N)C1C. The van der Waals surface area contributed by atoms with E-state index in [4.69, 9.17) is 5.73 Å². The molecule has 1 saturated carbocycles. The van der Waals surface area contributed by atoms with Crippen LogP contribution in [0.15, 0.2) is 0 Å². The Morgan fingerprint density at radius 2 is 2.06 bits per heavy atom. The molecule has 0 aromatic carbocycles. The molecule has 1 aliphatic carbocycles. The maximum atomic E-state index is 12.1. The lowest BCUT2D eigenvalue weighted by molar-refractivity contribution is -0.127. The van der Waals surface area contributed by atoms with Crippen LogP contribution in [0.25, 0.3) is 0 Å². The average Bonchev–Trinajstić information content (AvgIpc) is 2.31. The van der Waals surface area contributed by atoms with Crippen LogP contribution in [-0.4, -0.2) is 18.5 Å². The summed E-state index contributed by atoms with van der Waals surface area (Å²) in [5.74, 6) is 1.45. The van der Waals surface area contributed by atoms with Gasteiger partial charge in [-0.1, -0.05) is 40.0 Å². The lowest BCUT2D eigenvalue weighted by atomic mass is 9.77. The molecule has 1 rings (SSSR count). The van der Waals surface area contributed by atoms with Crippen molar-refractivity contribution in [3.8, 4) is 0 Å². The summed E-state index contributed by atoms with van der Waals surface area (Å²) in [4.78, 5) is 12.1. The maximum Gasteiger partial charge on any atom is 0.223 e. The van der Waals surface area contributed by atoms with Gasteiger partial charge in [-0.2, -0.15) is 0 Å². The summed E-state index contributed by atoms with van der Waals surface area (Å²) < 4.78 is 0. The Kier molecular flexibility index (Phi) is 6.69. The number of hydrogen-bond donors (Lipinski definition) is 2. The number of nitrogens with one attached hydrogen (secondary N) is 1. The van der Waals surface area contributed by atoms with Gasteiger partial charge in [0.05, 0.1) is 0 Å². The van der Waals surface area contributed by atoms with Crippen LogP contribution in [0, 0.1) is 17.8 Å². The van der Waals surface area contributed by atoms with E-state index in [9.17, 15) is 4.79 Å². The Morgan fingerprint density at radius 1 is 1.33 bits per heavy atom. The molecule has 106 valence electrons. The molecule has 3 unspecified atom stereocenters. The largest absolute Gasteiger partial charge is 0.356 e. The second-order valence-electron chi connectivity index (χ2n) is 6.24. The standard InChI is InChI=1S/C15H30N2O/c1-11(2)7-4-5-10-17-15(18)13-8-6-9-14(16)12(13)3/h11-14H,4-10,16H2,1-3H3,(H,17,18). The molecule has 0 aromatic rings. The molecule has 3 heteroatoms. The third kappa shape index (κ3) is 4.97. The van der Waals surface area contributed by atoms with E-state index >= 15 is 0 Å². The highest BCUT2D eigenvalue weighted by Crippen LogP contribution is 2.28. The van der Waals surface area contributed by atoms with Crippen LogP contribution >= 0.6 is 0 Å². The van der Waals surface area contributed by atoms with E-state index in [1.54, 1.807) is 0 Å². The first-order chi connectivity index (χ1) is 8.52. The van der Waals surface area contributed by atoms with Crippen molar-refractivity contribution in [2.45, 2.75) is 65.3 Å². The summed E-state index contributed by atoms with van der Waals surface area (Å²) in [6, 6.07) is 0.204. The van der Waals surface area contributed by atoms with Crippen LogP contribution in [0.3, 0.4) is 0 Å². The predicted molar refractivity (Wildman–Crippen MR) is 76.2 cm³/mol. The van der Waals surface area contributed by atoms with E-state index < -0.39 is 0 Å². The third-order valence-electron chi connectivity index (χ3n) is 4.21. The summed E-state index contributed by atoms with van der Waals surface area (Å²) >= 11 is 0. The molecular formula is C15H30N2O. The van der Waals surface area contributed by atoms with Crippen molar-refractivity contribution in [1.82, 2.24) is 5.32 Å². The van der Waals surface area contributed by atoms with Crippen molar-refractivity contribution < 1.29 is 4.79 Å². The minimum Gasteiger partial charge on any atom is -0.356 e. The number of rotatable bonds is 6. The van der Waals surface area contributed by atoms with Crippen molar-refractivity contribution >= 4 is 5.91 Å². The summed E-state index contributed by atoms with van der Waals surface area (Å²) in [5.41, 5.74) is 6.04. The summed E-state index contributed by atoms with van der Waals surface area (Å²) in [5, 5.41) is 3.08. The van der Waals surface area contributed by atoms with E-state index in [1.165, 1.54) is 12.8 Å². The van der Waals surface area contributed by atoms with Crippen LogP contribution in [-0.2, 0) is 4.79 Å². The highest BCUT2D eigenvalue weighted by Gasteiger charge is 2.32. The summed E-state index contributed by atoms with van der Waals surface area (Å²) in [7, 11) is 0. The third-order valence-corrected chi connectivity index (χ3v) is 4.21. The molecule has 3 nitrogen and oxygen atoms in total. The van der Waals surface area contributed by atoms with Crippen molar-refractivity contribution in [1.29, 1.82) is 0 Å². The van der Waals surface area contributed by atoms with Gasteiger partial charge in [-0.15, -0.1) is 0 Å². The van der Waals surface area contributed by atoms with Gasteiger partial charge in [-0.25, -0.2) is 0 Å². The summed E-state index contributed by atoms with van der Waals surface area (Å²) in [6.45, 7) is 7.42. The van der Waals surface area contributed by atoms with Crippen molar-refractivity contribution in [2.24, 2.45) is 23.5 Å². The molecule has 0 aliphatic heterocycles. The van der Waals surface area contributed by atoms with Crippen LogP contribution in [0.4, 0.5) is 0 Å². The number of hydrogen-bond acceptors (Lipinski definition) is 2. The van der Waals surface area contributed by atoms with Gasteiger partial charge in [0, 0.05) is 18.5 Å². The molecule has 1 aliphatic rings. The van der Waals surface area contributed by atoms with Gasteiger partial charge in [-0.3, -0.25) is 4.79 Å². The van der Waals surface area contributed by atoms with Crippen LogP contribution in [0.2, 0.25) is 0 Å². The molecule has 1 amide bonds. The van der Waals surface area contributed by atoms with Gasteiger partial charge in [0.1, 0.15) is 0 Å². The topological polar surface area (TPSA) is 55.1 Å². The molecule has 0 radical (unpaired) electrons. The maximum absolute atomic E-state index is 12.1. The van der Waals surface area contributed by atoms with E-state index in [2.05, 4.69) is 26.1 Å². The zero-order valence-corrected chi connectivity index (χ0v) is 12.2. The molecule has 3 N–H and O–H groups in total. The molecular weight excluding hydrogens is 224 g/mol. The predicted octanol–water partition coefficient (Wildman–Crippen LogP) is 2.69. The highest BCUT2D eigenvalue weighted by atomic mass is 16.1. The molecule has 0 bridgehead atoms. The number of nitrogens with two attached hydrogens (primary N) is 1. The van der Waals surface area contributed by atoms with Crippen molar-refractivity contribution in [3.05, 3.63) is 0 Å². The van der Waals surface area contributed by atoms with Gasteiger partial charge < -0.3 is 11.1 Å². The van der Waals surface area contributed by atoms with Crippen molar-refractivity contribution in [3.63, 3.8) is 0 Å². The normalized spacial score (nSPS) is 28.4. The van der Waals surface area contributed by atoms with Gasteiger partial charge in [-0.05, 0) is 31.1 Å². The number of carbonyl (C=O) groups excluding carboxylic acids is 1. The Labute approximate surface area is 112 Å². The van der Waals surface area contributed by atoms with Gasteiger partial charge in [0.25, 0.3) is 0 Å². The first kappa shape index (κ1) is 15.5. The van der Waals surface area contributed by atoms with Crippen LogP contribution < -0.4 is 11.1 Å². The first-order valence-corrected chi connectivity index (χ1v) is 7.55. The Balaban J connectivity index is 2.19. The fraction of sp³-hybridized carbons (Fsp3) is 0.933. The fourth-order valence-electron chi connectivity index (χ4n) is 2.79. The molecule has 0 heterocycles. The molecule has 0 saturated heterocycles. The second-order valence-corrected chi connectivity index (χ2v) is 6.24.